The lowest BCUT2D eigenvalue weighted by Gasteiger charge is -2.21. The van der Waals surface area contributed by atoms with E-state index < -0.39 is 5.97 Å². The molecule has 4 rings (SSSR count). The maximum atomic E-state index is 11.8. The summed E-state index contributed by atoms with van der Waals surface area (Å²) in [6.07, 6.45) is 3.63. The lowest BCUT2D eigenvalue weighted by molar-refractivity contribution is 0.0695. The number of aromatic nitrogens is 2. The van der Waals surface area contributed by atoms with Crippen molar-refractivity contribution >= 4 is 22.7 Å². The number of hydrogen-bond donors (Lipinski definition) is 3. The van der Waals surface area contributed by atoms with E-state index in [1.165, 1.54) is 0 Å². The third-order valence-electron chi connectivity index (χ3n) is 4.39. The summed E-state index contributed by atoms with van der Waals surface area (Å²) in [6.45, 7) is 0. The van der Waals surface area contributed by atoms with Crippen LogP contribution in [0.3, 0.4) is 0 Å². The number of aromatic amines is 1. The minimum absolute atomic E-state index is 0.270. The average molecular weight is 343 g/mol. The molecule has 0 aliphatic rings. The largest absolute Gasteiger partial charge is 0.478 e. The molecule has 4 aromatic rings. The molecule has 0 saturated heterocycles. The number of nitrogens with one attached hydrogen (secondary N) is 2. The molecule has 0 amide bonds. The molecule has 0 fully saturated rings. The number of nitrogens with zero attached hydrogens (tertiary/aromatic N) is 1. The molecule has 5 nitrogen and oxygen atoms in total. The molecule has 26 heavy (non-hydrogen) atoms. The van der Waals surface area contributed by atoms with Crippen molar-refractivity contribution in [1.82, 2.24) is 9.97 Å². The Labute approximate surface area is 150 Å². The smallest absolute Gasteiger partial charge is 0.336 e. The van der Waals surface area contributed by atoms with Crippen LogP contribution in [0.5, 0.6) is 0 Å². The van der Waals surface area contributed by atoms with Crippen LogP contribution in [0.25, 0.3) is 10.9 Å². The molecule has 2 heterocycles. The average Bonchev–Trinajstić information content (AvgIpc) is 3.11. The Hall–Kier alpha value is -3.60. The zero-order valence-electron chi connectivity index (χ0n) is 13.9. The summed E-state index contributed by atoms with van der Waals surface area (Å²) in [6, 6.07) is 20.3. The third-order valence-corrected chi connectivity index (χ3v) is 4.39. The van der Waals surface area contributed by atoms with Crippen LogP contribution in [-0.2, 0) is 0 Å². The summed E-state index contributed by atoms with van der Waals surface area (Å²) in [5, 5.41) is 14.1. The highest BCUT2D eigenvalue weighted by atomic mass is 16.4. The molecule has 0 spiro atoms. The van der Waals surface area contributed by atoms with Crippen molar-refractivity contribution in [3.05, 3.63) is 95.8 Å². The zero-order valence-corrected chi connectivity index (χ0v) is 13.9. The fraction of sp³-hybridized carbons (Fsp3) is 0.0476. The van der Waals surface area contributed by atoms with Gasteiger partial charge in [-0.1, -0.05) is 42.5 Å². The van der Waals surface area contributed by atoms with Gasteiger partial charge in [0.05, 0.1) is 11.6 Å². The molecular weight excluding hydrogens is 326 g/mol. The Morgan fingerprint density at radius 1 is 0.962 bits per heavy atom. The van der Waals surface area contributed by atoms with Crippen LogP contribution < -0.4 is 5.32 Å². The number of fused-ring (bicyclic) bond motifs is 1. The standard InChI is InChI=1S/C21H17N3O2/c25-21(26)16-9-2-1-8-15(16)20(24-19-11-5-6-12-22-19)17-13-23-18-10-4-3-7-14(17)18/h1-13,20,23H,(H,22,24)(H,25,26). The second-order valence-corrected chi connectivity index (χ2v) is 5.97. The van der Waals surface area contributed by atoms with Crippen molar-refractivity contribution in [2.45, 2.75) is 6.04 Å². The Kier molecular flexibility index (Phi) is 4.11. The summed E-state index contributed by atoms with van der Waals surface area (Å²) in [4.78, 5) is 19.4. The van der Waals surface area contributed by atoms with Gasteiger partial charge in [-0.15, -0.1) is 0 Å². The first-order valence-corrected chi connectivity index (χ1v) is 8.30. The molecule has 0 bridgehead atoms. The minimum atomic E-state index is -0.951. The first-order chi connectivity index (χ1) is 12.7. The van der Waals surface area contributed by atoms with Gasteiger partial charge in [0.25, 0.3) is 0 Å². The Morgan fingerprint density at radius 2 is 1.73 bits per heavy atom. The number of hydrogen-bond acceptors (Lipinski definition) is 3. The SMILES string of the molecule is O=C(O)c1ccccc1C(Nc1ccccn1)c1c[nH]c2ccccc12. The van der Waals surface area contributed by atoms with Crippen LogP contribution >= 0.6 is 0 Å². The normalized spacial score (nSPS) is 12.0. The predicted octanol–water partition coefficient (Wildman–Crippen LogP) is 4.46. The number of para-hydroxylation sites is 1. The Morgan fingerprint density at radius 3 is 2.54 bits per heavy atom. The van der Waals surface area contributed by atoms with Crippen LogP contribution in [0.4, 0.5) is 5.82 Å². The molecule has 0 radical (unpaired) electrons. The highest BCUT2D eigenvalue weighted by Gasteiger charge is 2.23. The van der Waals surface area contributed by atoms with Gasteiger partial charge in [-0.05, 0) is 29.8 Å². The summed E-state index contributed by atoms with van der Waals surface area (Å²) in [5.74, 6) is -0.267. The van der Waals surface area contributed by atoms with Crippen molar-refractivity contribution in [1.29, 1.82) is 0 Å². The van der Waals surface area contributed by atoms with E-state index in [1.54, 1.807) is 18.3 Å². The van der Waals surface area contributed by atoms with Gasteiger partial charge in [0.2, 0.25) is 0 Å². The van der Waals surface area contributed by atoms with Crippen molar-refractivity contribution in [3.63, 3.8) is 0 Å². The van der Waals surface area contributed by atoms with Gasteiger partial charge in [-0.3, -0.25) is 0 Å². The Bertz CT molecular complexity index is 1060. The lowest BCUT2D eigenvalue weighted by Crippen LogP contribution is -2.16. The second kappa shape index (κ2) is 6.72. The van der Waals surface area contributed by atoms with E-state index in [-0.39, 0.29) is 11.6 Å². The second-order valence-electron chi connectivity index (χ2n) is 5.97. The molecule has 0 aliphatic heterocycles. The van der Waals surface area contributed by atoms with E-state index in [0.29, 0.717) is 11.4 Å². The molecule has 3 N–H and O–H groups in total. The van der Waals surface area contributed by atoms with E-state index in [1.807, 2.05) is 60.8 Å². The molecule has 2 aromatic heterocycles. The number of carboxylic acids is 1. The summed E-state index contributed by atoms with van der Waals surface area (Å²) in [7, 11) is 0. The monoisotopic (exact) mass is 343 g/mol. The van der Waals surface area contributed by atoms with Gasteiger partial charge in [-0.25, -0.2) is 9.78 Å². The molecule has 128 valence electrons. The highest BCUT2D eigenvalue weighted by molar-refractivity contribution is 5.91. The van der Waals surface area contributed by atoms with Gasteiger partial charge in [0.1, 0.15) is 5.82 Å². The number of rotatable bonds is 5. The maximum Gasteiger partial charge on any atom is 0.336 e. The van der Waals surface area contributed by atoms with E-state index in [4.69, 9.17) is 0 Å². The highest BCUT2D eigenvalue weighted by Crippen LogP contribution is 2.33. The minimum Gasteiger partial charge on any atom is -0.478 e. The molecule has 0 aliphatic carbocycles. The number of H-pyrrole nitrogens is 1. The molecular formula is C21H17N3O2. The lowest BCUT2D eigenvalue weighted by atomic mass is 9.94. The predicted molar refractivity (Wildman–Crippen MR) is 101 cm³/mol. The van der Waals surface area contributed by atoms with Crippen molar-refractivity contribution in [3.8, 4) is 0 Å². The number of pyridine rings is 1. The third kappa shape index (κ3) is 2.91. The summed E-state index contributed by atoms with van der Waals surface area (Å²) < 4.78 is 0. The fourth-order valence-electron chi connectivity index (χ4n) is 3.20. The zero-order chi connectivity index (χ0) is 17.9. The van der Waals surface area contributed by atoms with Gasteiger partial charge in [-0.2, -0.15) is 0 Å². The van der Waals surface area contributed by atoms with E-state index >= 15 is 0 Å². The molecule has 1 atom stereocenters. The quantitative estimate of drug-likeness (QED) is 0.500. The number of carboxylic acid groups (broad SMARTS) is 1. The van der Waals surface area contributed by atoms with Gasteiger partial charge in [0.15, 0.2) is 0 Å². The number of benzene rings is 2. The van der Waals surface area contributed by atoms with Crippen LogP contribution in [0.15, 0.2) is 79.1 Å². The topological polar surface area (TPSA) is 78.0 Å². The van der Waals surface area contributed by atoms with Crippen LogP contribution in [0.2, 0.25) is 0 Å². The number of anilines is 1. The van der Waals surface area contributed by atoms with Gasteiger partial charge >= 0.3 is 5.97 Å². The van der Waals surface area contributed by atoms with Crippen LogP contribution in [0, 0.1) is 0 Å². The first-order valence-electron chi connectivity index (χ1n) is 8.30. The van der Waals surface area contributed by atoms with Gasteiger partial charge in [0, 0.05) is 28.9 Å². The fourth-order valence-corrected chi connectivity index (χ4v) is 3.20. The van der Waals surface area contributed by atoms with E-state index in [0.717, 1.165) is 16.5 Å². The van der Waals surface area contributed by atoms with Crippen LogP contribution in [-0.4, -0.2) is 21.0 Å². The summed E-state index contributed by atoms with van der Waals surface area (Å²) in [5.41, 5.74) is 2.93. The van der Waals surface area contributed by atoms with Crippen molar-refractivity contribution < 1.29 is 9.90 Å². The Balaban J connectivity index is 1.89. The maximum absolute atomic E-state index is 11.8. The van der Waals surface area contributed by atoms with Crippen LogP contribution in [0.1, 0.15) is 27.5 Å². The van der Waals surface area contributed by atoms with E-state index in [9.17, 15) is 9.90 Å². The number of carbonyl (C=O) groups is 1. The number of aromatic carboxylic acids is 1. The van der Waals surface area contributed by atoms with E-state index in [2.05, 4.69) is 15.3 Å². The van der Waals surface area contributed by atoms with Crippen molar-refractivity contribution in [2.24, 2.45) is 0 Å². The molecule has 1 unspecified atom stereocenters. The molecule has 0 saturated carbocycles. The summed E-state index contributed by atoms with van der Waals surface area (Å²) >= 11 is 0. The molecule has 2 aromatic carbocycles. The molecule has 5 heteroatoms. The first kappa shape index (κ1) is 15.9. The van der Waals surface area contributed by atoms with Gasteiger partial charge < -0.3 is 15.4 Å². The van der Waals surface area contributed by atoms with Crippen molar-refractivity contribution in [2.75, 3.05) is 5.32 Å².